The monoisotopic (exact) mass is 413 g/mol. The number of amides is 3. The SMILES string of the molecule is CCN(CC)C(=O)[C@H]1CCCN(c2cccc3c2C(=O)N(C[C@@H]2CCCO2)C3=O)C1. The van der Waals surface area contributed by atoms with Crippen LogP contribution in [-0.2, 0) is 9.53 Å². The lowest BCUT2D eigenvalue weighted by Crippen LogP contribution is -2.45. The Balaban J connectivity index is 1.56. The Morgan fingerprint density at radius 2 is 1.93 bits per heavy atom. The number of ether oxygens (including phenoxy) is 1. The quantitative estimate of drug-likeness (QED) is 0.671. The molecule has 162 valence electrons. The second-order valence-electron chi connectivity index (χ2n) is 8.35. The van der Waals surface area contributed by atoms with E-state index in [0.717, 1.165) is 37.9 Å². The van der Waals surface area contributed by atoms with Crippen LogP contribution in [0.3, 0.4) is 0 Å². The molecule has 1 aromatic carbocycles. The Morgan fingerprint density at radius 3 is 2.63 bits per heavy atom. The van der Waals surface area contributed by atoms with E-state index in [4.69, 9.17) is 4.74 Å². The molecule has 2 fully saturated rings. The van der Waals surface area contributed by atoms with Crippen molar-refractivity contribution >= 4 is 23.4 Å². The molecule has 0 aromatic heterocycles. The highest BCUT2D eigenvalue weighted by molar-refractivity contribution is 6.23. The number of hydrogen-bond acceptors (Lipinski definition) is 5. The van der Waals surface area contributed by atoms with E-state index >= 15 is 0 Å². The number of hydrogen-bond donors (Lipinski definition) is 0. The predicted octanol–water partition coefficient (Wildman–Crippen LogP) is 2.55. The predicted molar refractivity (Wildman–Crippen MR) is 114 cm³/mol. The number of piperidine rings is 1. The normalized spacial score (nSPS) is 23.8. The number of carbonyl (C=O) groups is 3. The zero-order chi connectivity index (χ0) is 21.3. The van der Waals surface area contributed by atoms with Crippen LogP contribution >= 0.6 is 0 Å². The molecule has 2 atom stereocenters. The van der Waals surface area contributed by atoms with Crippen LogP contribution in [0, 0.1) is 5.92 Å². The van der Waals surface area contributed by atoms with E-state index in [9.17, 15) is 14.4 Å². The minimum absolute atomic E-state index is 0.0679. The van der Waals surface area contributed by atoms with E-state index < -0.39 is 0 Å². The first-order valence-electron chi connectivity index (χ1n) is 11.2. The van der Waals surface area contributed by atoms with Gasteiger partial charge in [-0.3, -0.25) is 19.3 Å². The van der Waals surface area contributed by atoms with Gasteiger partial charge in [0.1, 0.15) is 0 Å². The molecule has 0 aliphatic carbocycles. The van der Waals surface area contributed by atoms with Crippen molar-refractivity contribution in [3.05, 3.63) is 29.3 Å². The summed E-state index contributed by atoms with van der Waals surface area (Å²) in [5.41, 5.74) is 1.72. The summed E-state index contributed by atoms with van der Waals surface area (Å²) in [5, 5.41) is 0. The van der Waals surface area contributed by atoms with Crippen molar-refractivity contribution < 1.29 is 19.1 Å². The van der Waals surface area contributed by atoms with Crippen molar-refractivity contribution in [1.82, 2.24) is 9.80 Å². The van der Waals surface area contributed by atoms with Gasteiger partial charge in [0.25, 0.3) is 11.8 Å². The van der Waals surface area contributed by atoms with E-state index in [1.807, 2.05) is 30.9 Å². The Bertz CT molecular complexity index is 830. The lowest BCUT2D eigenvalue weighted by atomic mass is 9.94. The molecule has 0 bridgehead atoms. The van der Waals surface area contributed by atoms with Gasteiger partial charge >= 0.3 is 0 Å². The smallest absolute Gasteiger partial charge is 0.263 e. The lowest BCUT2D eigenvalue weighted by Gasteiger charge is -2.36. The number of anilines is 1. The van der Waals surface area contributed by atoms with E-state index in [-0.39, 0.29) is 29.7 Å². The maximum Gasteiger partial charge on any atom is 0.263 e. The van der Waals surface area contributed by atoms with Gasteiger partial charge in [0, 0.05) is 32.8 Å². The molecule has 30 heavy (non-hydrogen) atoms. The summed E-state index contributed by atoms with van der Waals surface area (Å²) in [5.74, 6) is -0.372. The van der Waals surface area contributed by atoms with Crippen LogP contribution in [0.4, 0.5) is 5.69 Å². The molecular formula is C23H31N3O4. The molecule has 4 rings (SSSR count). The summed E-state index contributed by atoms with van der Waals surface area (Å²) >= 11 is 0. The molecule has 7 heteroatoms. The van der Waals surface area contributed by atoms with Crippen molar-refractivity contribution in [2.75, 3.05) is 44.2 Å². The van der Waals surface area contributed by atoms with Crippen molar-refractivity contribution in [1.29, 1.82) is 0 Å². The topological polar surface area (TPSA) is 70.2 Å². The van der Waals surface area contributed by atoms with Crippen LogP contribution < -0.4 is 4.90 Å². The maximum absolute atomic E-state index is 13.2. The highest BCUT2D eigenvalue weighted by atomic mass is 16.5. The molecule has 3 aliphatic heterocycles. The zero-order valence-corrected chi connectivity index (χ0v) is 17.9. The number of benzene rings is 1. The zero-order valence-electron chi connectivity index (χ0n) is 17.9. The fraction of sp³-hybridized carbons (Fsp3) is 0.609. The van der Waals surface area contributed by atoms with E-state index in [2.05, 4.69) is 4.90 Å². The fourth-order valence-electron chi connectivity index (χ4n) is 4.93. The Kier molecular flexibility index (Phi) is 6.09. The van der Waals surface area contributed by atoms with Gasteiger partial charge in [-0.05, 0) is 51.7 Å². The number of carbonyl (C=O) groups excluding carboxylic acids is 3. The number of fused-ring (bicyclic) bond motifs is 1. The fourth-order valence-corrected chi connectivity index (χ4v) is 4.93. The highest BCUT2D eigenvalue weighted by Crippen LogP contribution is 2.35. The van der Waals surface area contributed by atoms with Gasteiger partial charge in [-0.2, -0.15) is 0 Å². The summed E-state index contributed by atoms with van der Waals surface area (Å²) in [6.45, 7) is 7.78. The molecule has 3 amide bonds. The lowest BCUT2D eigenvalue weighted by molar-refractivity contribution is -0.135. The van der Waals surface area contributed by atoms with E-state index in [1.54, 1.807) is 6.07 Å². The minimum atomic E-state index is -0.238. The van der Waals surface area contributed by atoms with Gasteiger partial charge in [0.15, 0.2) is 0 Å². The molecule has 0 radical (unpaired) electrons. The van der Waals surface area contributed by atoms with Crippen LogP contribution in [-0.4, -0.2) is 73.0 Å². The second kappa shape index (κ2) is 8.76. The van der Waals surface area contributed by atoms with Crippen LogP contribution in [0.2, 0.25) is 0 Å². The third kappa shape index (κ3) is 3.71. The maximum atomic E-state index is 13.2. The Morgan fingerprint density at radius 1 is 1.13 bits per heavy atom. The van der Waals surface area contributed by atoms with Gasteiger partial charge in [-0.25, -0.2) is 0 Å². The van der Waals surface area contributed by atoms with Gasteiger partial charge in [0.05, 0.1) is 35.4 Å². The summed E-state index contributed by atoms with van der Waals surface area (Å²) in [6, 6.07) is 5.48. The first-order chi connectivity index (χ1) is 14.5. The summed E-state index contributed by atoms with van der Waals surface area (Å²) in [6.07, 6.45) is 3.53. The molecule has 1 aromatic rings. The molecule has 0 saturated carbocycles. The minimum Gasteiger partial charge on any atom is -0.376 e. The standard InChI is InChI=1S/C23H31N3O4/c1-3-24(4-2)21(27)16-8-6-12-25(14-16)19-11-5-10-18-20(19)23(29)26(22(18)28)15-17-9-7-13-30-17/h5,10-11,16-17H,3-4,6-9,12-15H2,1-2H3/t16-,17-/m0/s1. The molecule has 7 nitrogen and oxygen atoms in total. The Hall–Kier alpha value is -2.41. The second-order valence-corrected chi connectivity index (χ2v) is 8.35. The first kappa shape index (κ1) is 20.8. The molecular weight excluding hydrogens is 382 g/mol. The van der Waals surface area contributed by atoms with Crippen LogP contribution in [0.5, 0.6) is 0 Å². The molecule has 0 unspecified atom stereocenters. The van der Waals surface area contributed by atoms with Gasteiger partial charge < -0.3 is 14.5 Å². The molecule has 3 heterocycles. The van der Waals surface area contributed by atoms with Gasteiger partial charge in [-0.1, -0.05) is 6.07 Å². The highest BCUT2D eigenvalue weighted by Gasteiger charge is 2.41. The van der Waals surface area contributed by atoms with Crippen LogP contribution in [0.15, 0.2) is 18.2 Å². The van der Waals surface area contributed by atoms with Crippen molar-refractivity contribution in [2.24, 2.45) is 5.92 Å². The molecule has 0 N–H and O–H groups in total. The summed E-state index contributed by atoms with van der Waals surface area (Å²) < 4.78 is 5.64. The van der Waals surface area contributed by atoms with Gasteiger partial charge in [0.2, 0.25) is 5.91 Å². The van der Waals surface area contributed by atoms with Crippen molar-refractivity contribution in [3.63, 3.8) is 0 Å². The van der Waals surface area contributed by atoms with E-state index in [0.29, 0.717) is 43.9 Å². The Labute approximate surface area is 177 Å². The molecule has 3 aliphatic rings. The number of imide groups is 1. The molecule has 0 spiro atoms. The largest absolute Gasteiger partial charge is 0.376 e. The number of nitrogens with zero attached hydrogens (tertiary/aromatic N) is 3. The van der Waals surface area contributed by atoms with Crippen molar-refractivity contribution in [3.8, 4) is 0 Å². The van der Waals surface area contributed by atoms with E-state index in [1.165, 1.54) is 4.90 Å². The summed E-state index contributed by atoms with van der Waals surface area (Å²) in [7, 11) is 0. The third-order valence-corrected chi connectivity index (χ3v) is 6.57. The average Bonchev–Trinajstić information content (AvgIpc) is 3.37. The first-order valence-corrected chi connectivity index (χ1v) is 11.2. The van der Waals surface area contributed by atoms with Crippen LogP contribution in [0.25, 0.3) is 0 Å². The third-order valence-electron chi connectivity index (χ3n) is 6.57. The van der Waals surface area contributed by atoms with Gasteiger partial charge in [-0.15, -0.1) is 0 Å². The van der Waals surface area contributed by atoms with Crippen molar-refractivity contribution in [2.45, 2.75) is 45.6 Å². The molecule has 2 saturated heterocycles. The average molecular weight is 414 g/mol. The summed E-state index contributed by atoms with van der Waals surface area (Å²) in [4.78, 5) is 44.4. The van der Waals surface area contributed by atoms with Crippen LogP contribution in [0.1, 0.15) is 60.2 Å². The number of rotatable bonds is 6.